The third-order valence-electron chi connectivity index (χ3n) is 3.58. The summed E-state index contributed by atoms with van der Waals surface area (Å²) in [6.07, 6.45) is 3.89. The van der Waals surface area contributed by atoms with Gasteiger partial charge in [-0.1, -0.05) is 31.9 Å². The first-order valence-electron chi connectivity index (χ1n) is 6.65. The third-order valence-corrected chi connectivity index (χ3v) is 3.58. The molecule has 1 aliphatic rings. The van der Waals surface area contributed by atoms with E-state index in [4.69, 9.17) is 0 Å². The Balaban J connectivity index is 1.86. The van der Waals surface area contributed by atoms with Gasteiger partial charge in [0.2, 0.25) is 0 Å². The highest BCUT2D eigenvalue weighted by molar-refractivity contribution is 5.91. The first-order chi connectivity index (χ1) is 8.74. The summed E-state index contributed by atoms with van der Waals surface area (Å²) in [5, 5.41) is 14.0. The number of aromatic nitrogens is 3. The standard InChI is InChI=1S/C12H21N5O/c1-3-9(4-2)5-14-12(18)11-8-17(16-15-11)10-6-13-7-10/h8-10,13H,3-7H2,1-2H3,(H,14,18). The second-order valence-electron chi connectivity index (χ2n) is 4.79. The van der Waals surface area contributed by atoms with E-state index in [-0.39, 0.29) is 5.91 Å². The molecule has 0 bridgehead atoms. The summed E-state index contributed by atoms with van der Waals surface area (Å²) in [5.74, 6) is 0.417. The number of hydrogen-bond acceptors (Lipinski definition) is 4. The van der Waals surface area contributed by atoms with Crippen LogP contribution in [0.4, 0.5) is 0 Å². The van der Waals surface area contributed by atoms with Crippen LogP contribution in [0.15, 0.2) is 6.20 Å². The van der Waals surface area contributed by atoms with E-state index < -0.39 is 0 Å². The first-order valence-corrected chi connectivity index (χ1v) is 6.65. The summed E-state index contributed by atoms with van der Waals surface area (Å²) in [6.45, 7) is 6.79. The topological polar surface area (TPSA) is 71.8 Å². The van der Waals surface area contributed by atoms with Gasteiger partial charge in [-0.05, 0) is 5.92 Å². The highest BCUT2D eigenvalue weighted by atomic mass is 16.2. The van der Waals surface area contributed by atoms with Crippen LogP contribution in [-0.4, -0.2) is 40.5 Å². The van der Waals surface area contributed by atoms with Crippen molar-refractivity contribution in [2.75, 3.05) is 19.6 Å². The second-order valence-corrected chi connectivity index (χ2v) is 4.79. The lowest BCUT2D eigenvalue weighted by atomic mass is 10.0. The Labute approximate surface area is 107 Å². The summed E-state index contributed by atoms with van der Waals surface area (Å²) in [5.41, 5.74) is 0.410. The minimum absolute atomic E-state index is 0.125. The molecule has 2 rings (SSSR count). The molecule has 0 unspecified atom stereocenters. The number of carbonyl (C=O) groups is 1. The van der Waals surface area contributed by atoms with Gasteiger partial charge < -0.3 is 10.6 Å². The average molecular weight is 251 g/mol. The molecule has 2 N–H and O–H groups in total. The molecule has 0 aromatic carbocycles. The van der Waals surface area contributed by atoms with Gasteiger partial charge in [0.15, 0.2) is 5.69 Å². The van der Waals surface area contributed by atoms with E-state index in [1.165, 1.54) is 0 Å². The van der Waals surface area contributed by atoms with Crippen LogP contribution in [0, 0.1) is 5.92 Å². The molecule has 0 radical (unpaired) electrons. The summed E-state index contributed by atoms with van der Waals surface area (Å²) in [6, 6.07) is 0.345. The van der Waals surface area contributed by atoms with E-state index >= 15 is 0 Å². The van der Waals surface area contributed by atoms with Gasteiger partial charge in [0, 0.05) is 19.6 Å². The van der Waals surface area contributed by atoms with Gasteiger partial charge in [0.05, 0.1) is 12.2 Å². The van der Waals surface area contributed by atoms with Gasteiger partial charge in [0.25, 0.3) is 5.91 Å². The predicted octanol–water partition coefficient (Wildman–Crippen LogP) is 0.588. The normalized spacial score (nSPS) is 15.7. The molecule has 18 heavy (non-hydrogen) atoms. The fourth-order valence-corrected chi connectivity index (χ4v) is 1.92. The minimum Gasteiger partial charge on any atom is -0.350 e. The lowest BCUT2D eigenvalue weighted by Crippen LogP contribution is -2.43. The molecule has 1 saturated heterocycles. The maximum absolute atomic E-state index is 11.9. The van der Waals surface area contributed by atoms with Gasteiger partial charge in [-0.2, -0.15) is 0 Å². The van der Waals surface area contributed by atoms with Crippen LogP contribution in [0.3, 0.4) is 0 Å². The molecular formula is C12H21N5O. The summed E-state index contributed by atoms with van der Waals surface area (Å²) in [7, 11) is 0. The molecule has 0 saturated carbocycles. The van der Waals surface area contributed by atoms with E-state index in [2.05, 4.69) is 34.8 Å². The molecule has 6 heteroatoms. The molecule has 0 aliphatic carbocycles. The summed E-state index contributed by atoms with van der Waals surface area (Å²) < 4.78 is 1.77. The van der Waals surface area contributed by atoms with Gasteiger partial charge in [-0.15, -0.1) is 5.10 Å². The maximum Gasteiger partial charge on any atom is 0.273 e. The van der Waals surface area contributed by atoms with Crippen molar-refractivity contribution in [3.8, 4) is 0 Å². The molecule has 6 nitrogen and oxygen atoms in total. The number of rotatable bonds is 6. The predicted molar refractivity (Wildman–Crippen MR) is 68.3 cm³/mol. The Kier molecular flexibility index (Phi) is 4.30. The zero-order valence-electron chi connectivity index (χ0n) is 11.0. The van der Waals surface area contributed by atoms with E-state index in [0.717, 1.165) is 25.9 Å². The Morgan fingerprint density at radius 2 is 2.28 bits per heavy atom. The summed E-state index contributed by atoms with van der Waals surface area (Å²) >= 11 is 0. The summed E-state index contributed by atoms with van der Waals surface area (Å²) in [4.78, 5) is 11.9. The van der Waals surface area contributed by atoms with Gasteiger partial charge >= 0.3 is 0 Å². The molecule has 1 fully saturated rings. The lowest BCUT2D eigenvalue weighted by molar-refractivity contribution is 0.0941. The molecule has 1 aromatic rings. The van der Waals surface area contributed by atoms with Crippen molar-refractivity contribution < 1.29 is 4.79 Å². The molecule has 0 atom stereocenters. The van der Waals surface area contributed by atoms with Gasteiger partial charge in [0.1, 0.15) is 0 Å². The number of nitrogens with one attached hydrogen (secondary N) is 2. The zero-order chi connectivity index (χ0) is 13.0. The van der Waals surface area contributed by atoms with Crippen molar-refractivity contribution in [2.24, 2.45) is 5.92 Å². The highest BCUT2D eigenvalue weighted by Gasteiger charge is 2.21. The number of amides is 1. The molecule has 1 aromatic heterocycles. The molecule has 1 aliphatic heterocycles. The lowest BCUT2D eigenvalue weighted by Gasteiger charge is -2.26. The van der Waals surface area contributed by atoms with Gasteiger partial charge in [-0.25, -0.2) is 4.68 Å². The minimum atomic E-state index is -0.125. The second kappa shape index (κ2) is 5.95. The molecular weight excluding hydrogens is 230 g/mol. The van der Waals surface area contributed by atoms with Crippen LogP contribution in [0.5, 0.6) is 0 Å². The number of carbonyl (C=O) groups excluding carboxylic acids is 1. The van der Waals surface area contributed by atoms with Crippen LogP contribution in [0.25, 0.3) is 0 Å². The number of hydrogen-bond donors (Lipinski definition) is 2. The average Bonchev–Trinajstić information content (AvgIpc) is 2.77. The fourth-order valence-electron chi connectivity index (χ4n) is 1.92. The molecule has 2 heterocycles. The Hall–Kier alpha value is -1.43. The fraction of sp³-hybridized carbons (Fsp3) is 0.750. The molecule has 0 spiro atoms. The van der Waals surface area contributed by atoms with Crippen LogP contribution in [0.1, 0.15) is 43.2 Å². The number of nitrogens with zero attached hydrogens (tertiary/aromatic N) is 3. The Bertz CT molecular complexity index is 395. The van der Waals surface area contributed by atoms with Gasteiger partial charge in [-0.3, -0.25) is 4.79 Å². The van der Waals surface area contributed by atoms with Crippen molar-refractivity contribution in [3.05, 3.63) is 11.9 Å². The van der Waals surface area contributed by atoms with Crippen LogP contribution < -0.4 is 10.6 Å². The van der Waals surface area contributed by atoms with Crippen molar-refractivity contribution in [1.29, 1.82) is 0 Å². The van der Waals surface area contributed by atoms with E-state index in [9.17, 15) is 4.79 Å². The van der Waals surface area contributed by atoms with Crippen LogP contribution in [-0.2, 0) is 0 Å². The van der Waals surface area contributed by atoms with E-state index in [0.29, 0.717) is 24.2 Å². The smallest absolute Gasteiger partial charge is 0.273 e. The largest absolute Gasteiger partial charge is 0.350 e. The zero-order valence-corrected chi connectivity index (χ0v) is 11.0. The van der Waals surface area contributed by atoms with Crippen molar-refractivity contribution >= 4 is 5.91 Å². The Morgan fingerprint density at radius 1 is 1.56 bits per heavy atom. The highest BCUT2D eigenvalue weighted by Crippen LogP contribution is 2.10. The van der Waals surface area contributed by atoms with Crippen LogP contribution in [0.2, 0.25) is 0 Å². The maximum atomic E-state index is 11.9. The van der Waals surface area contributed by atoms with Crippen molar-refractivity contribution in [1.82, 2.24) is 25.6 Å². The van der Waals surface area contributed by atoms with Crippen molar-refractivity contribution in [3.63, 3.8) is 0 Å². The van der Waals surface area contributed by atoms with Crippen LogP contribution >= 0.6 is 0 Å². The van der Waals surface area contributed by atoms with E-state index in [1.807, 2.05) is 0 Å². The third kappa shape index (κ3) is 2.87. The molecule has 100 valence electrons. The molecule has 1 amide bonds. The SMILES string of the molecule is CCC(CC)CNC(=O)c1cn(C2CNC2)nn1. The van der Waals surface area contributed by atoms with Crippen molar-refractivity contribution in [2.45, 2.75) is 32.7 Å². The van der Waals surface area contributed by atoms with E-state index in [1.54, 1.807) is 10.9 Å². The quantitative estimate of drug-likeness (QED) is 0.776. The monoisotopic (exact) mass is 251 g/mol. The first kappa shape index (κ1) is 13.0. The Morgan fingerprint density at radius 3 is 2.83 bits per heavy atom.